The Labute approximate surface area is 107 Å². The highest BCUT2D eigenvalue weighted by molar-refractivity contribution is 5.80. The first-order chi connectivity index (χ1) is 8.65. The smallest absolute Gasteiger partial charge is 0.188 e. The maximum absolute atomic E-state index is 5.79. The highest BCUT2D eigenvalue weighted by Crippen LogP contribution is 2.14. The van der Waals surface area contributed by atoms with Crippen LogP contribution in [-0.4, -0.2) is 17.5 Å². The molecule has 1 aromatic carbocycles. The Morgan fingerprint density at radius 1 is 1.39 bits per heavy atom. The van der Waals surface area contributed by atoms with Gasteiger partial charge >= 0.3 is 0 Å². The van der Waals surface area contributed by atoms with Gasteiger partial charge in [-0.05, 0) is 23.4 Å². The van der Waals surface area contributed by atoms with E-state index in [0.717, 1.165) is 17.8 Å². The molecule has 4 nitrogen and oxygen atoms in total. The minimum Gasteiger partial charge on any atom is -0.370 e. The van der Waals surface area contributed by atoms with Gasteiger partial charge in [0.25, 0.3) is 0 Å². The van der Waals surface area contributed by atoms with Crippen LogP contribution in [-0.2, 0) is 6.54 Å². The lowest BCUT2D eigenvalue weighted by Crippen LogP contribution is -2.34. The summed E-state index contributed by atoms with van der Waals surface area (Å²) < 4.78 is 0. The molecule has 0 saturated heterocycles. The molecule has 18 heavy (non-hydrogen) atoms. The molecule has 0 radical (unpaired) electrons. The highest BCUT2D eigenvalue weighted by atomic mass is 15.1. The first-order valence-electron chi connectivity index (χ1n) is 6.25. The van der Waals surface area contributed by atoms with Gasteiger partial charge in [-0.3, -0.25) is 0 Å². The van der Waals surface area contributed by atoms with Gasteiger partial charge in [-0.25, -0.2) is 4.99 Å². The van der Waals surface area contributed by atoms with Gasteiger partial charge in [-0.2, -0.15) is 0 Å². The van der Waals surface area contributed by atoms with Crippen molar-refractivity contribution >= 4 is 16.9 Å². The molecule has 4 heteroatoms. The molecule has 0 bridgehead atoms. The van der Waals surface area contributed by atoms with E-state index in [2.05, 4.69) is 47.3 Å². The van der Waals surface area contributed by atoms with Crippen molar-refractivity contribution in [2.75, 3.05) is 6.54 Å². The number of nitrogens with two attached hydrogens (primary N) is 1. The Hall–Kier alpha value is -1.97. The predicted molar refractivity (Wildman–Crippen MR) is 76.5 cm³/mol. The Kier molecular flexibility index (Phi) is 3.87. The van der Waals surface area contributed by atoms with Gasteiger partial charge in [0.05, 0.1) is 6.54 Å². The van der Waals surface area contributed by atoms with Crippen LogP contribution in [0.5, 0.6) is 0 Å². The molecule has 0 aliphatic heterocycles. The van der Waals surface area contributed by atoms with Crippen LogP contribution in [0, 0.1) is 5.92 Å². The second kappa shape index (κ2) is 5.58. The lowest BCUT2D eigenvalue weighted by atomic mass is 10.2. The van der Waals surface area contributed by atoms with Crippen molar-refractivity contribution in [3.8, 4) is 0 Å². The molecular formula is C14H20N4. The molecule has 1 aromatic heterocycles. The summed E-state index contributed by atoms with van der Waals surface area (Å²) >= 11 is 0. The summed E-state index contributed by atoms with van der Waals surface area (Å²) in [6.45, 7) is 5.70. The molecule has 2 rings (SSSR count). The molecule has 0 amide bonds. The van der Waals surface area contributed by atoms with E-state index in [1.165, 1.54) is 5.39 Å². The Morgan fingerprint density at radius 3 is 2.89 bits per heavy atom. The third-order valence-corrected chi connectivity index (χ3v) is 2.70. The number of aromatic amines is 1. The highest BCUT2D eigenvalue weighted by Gasteiger charge is 1.99. The minimum absolute atomic E-state index is 0.502. The summed E-state index contributed by atoms with van der Waals surface area (Å²) in [5.74, 6) is 1.06. The van der Waals surface area contributed by atoms with Crippen molar-refractivity contribution in [3.63, 3.8) is 0 Å². The van der Waals surface area contributed by atoms with Crippen molar-refractivity contribution < 1.29 is 0 Å². The van der Waals surface area contributed by atoms with Gasteiger partial charge in [-0.1, -0.05) is 32.0 Å². The molecule has 0 fully saturated rings. The number of H-pyrrole nitrogens is 1. The van der Waals surface area contributed by atoms with Crippen LogP contribution in [0.3, 0.4) is 0 Å². The summed E-state index contributed by atoms with van der Waals surface area (Å²) in [5.41, 5.74) is 8.00. The molecule has 0 aliphatic rings. The maximum Gasteiger partial charge on any atom is 0.188 e. The van der Waals surface area contributed by atoms with Gasteiger partial charge in [-0.15, -0.1) is 0 Å². The lowest BCUT2D eigenvalue weighted by Gasteiger charge is -2.07. The Morgan fingerprint density at radius 2 is 2.17 bits per heavy atom. The second-order valence-corrected chi connectivity index (χ2v) is 4.86. The number of guanidine groups is 1. The first kappa shape index (κ1) is 12.5. The number of hydrogen-bond donors (Lipinski definition) is 3. The van der Waals surface area contributed by atoms with Crippen LogP contribution >= 0.6 is 0 Å². The van der Waals surface area contributed by atoms with Crippen molar-refractivity contribution in [2.24, 2.45) is 16.6 Å². The fourth-order valence-corrected chi connectivity index (χ4v) is 1.75. The van der Waals surface area contributed by atoms with Crippen LogP contribution < -0.4 is 11.1 Å². The Bertz CT molecular complexity index is 506. The third kappa shape index (κ3) is 3.26. The summed E-state index contributed by atoms with van der Waals surface area (Å²) in [6, 6.07) is 10.3. The standard InChI is InChI=1S/C14H20N4/c1-10(2)8-16-14(15)17-9-12-7-11-5-3-4-6-13(11)18-12/h3-7,10,18H,8-9H2,1-2H3,(H3,15,16,17). The summed E-state index contributed by atoms with van der Waals surface area (Å²) in [7, 11) is 0. The van der Waals surface area contributed by atoms with Gasteiger partial charge in [0.2, 0.25) is 0 Å². The van der Waals surface area contributed by atoms with Crippen molar-refractivity contribution in [2.45, 2.75) is 20.4 Å². The van der Waals surface area contributed by atoms with Crippen LogP contribution in [0.25, 0.3) is 10.9 Å². The minimum atomic E-state index is 0.502. The molecular weight excluding hydrogens is 224 g/mol. The molecule has 0 spiro atoms. The molecule has 0 atom stereocenters. The lowest BCUT2D eigenvalue weighted by molar-refractivity contribution is 0.621. The number of hydrogen-bond acceptors (Lipinski definition) is 1. The van der Waals surface area contributed by atoms with Crippen molar-refractivity contribution in [3.05, 3.63) is 36.0 Å². The number of fused-ring (bicyclic) bond motifs is 1. The zero-order chi connectivity index (χ0) is 13.0. The van der Waals surface area contributed by atoms with Crippen LogP contribution in [0.2, 0.25) is 0 Å². The van der Waals surface area contributed by atoms with E-state index in [1.807, 2.05) is 12.1 Å². The van der Waals surface area contributed by atoms with E-state index in [9.17, 15) is 0 Å². The van der Waals surface area contributed by atoms with E-state index in [4.69, 9.17) is 5.73 Å². The SMILES string of the molecule is CC(C)CNC(N)=NCc1cc2ccccc2[nH]1. The van der Waals surface area contributed by atoms with E-state index in [0.29, 0.717) is 18.4 Å². The molecule has 0 unspecified atom stereocenters. The summed E-state index contributed by atoms with van der Waals surface area (Å²) in [5, 5.41) is 4.30. The van der Waals surface area contributed by atoms with Crippen LogP contribution in [0.4, 0.5) is 0 Å². The van der Waals surface area contributed by atoms with Gasteiger partial charge < -0.3 is 16.0 Å². The zero-order valence-electron chi connectivity index (χ0n) is 10.9. The number of nitrogens with one attached hydrogen (secondary N) is 2. The quantitative estimate of drug-likeness (QED) is 0.570. The first-order valence-corrected chi connectivity index (χ1v) is 6.25. The fourth-order valence-electron chi connectivity index (χ4n) is 1.75. The number of benzene rings is 1. The number of aliphatic imine (C=N–C) groups is 1. The number of para-hydroxylation sites is 1. The average Bonchev–Trinajstić information content (AvgIpc) is 2.76. The fraction of sp³-hybridized carbons (Fsp3) is 0.357. The molecule has 1 heterocycles. The van der Waals surface area contributed by atoms with Crippen molar-refractivity contribution in [1.29, 1.82) is 0 Å². The third-order valence-electron chi connectivity index (χ3n) is 2.70. The molecule has 2 aromatic rings. The topological polar surface area (TPSA) is 66.2 Å². The molecule has 4 N–H and O–H groups in total. The average molecular weight is 244 g/mol. The summed E-state index contributed by atoms with van der Waals surface area (Å²) in [4.78, 5) is 7.64. The monoisotopic (exact) mass is 244 g/mol. The normalized spacial score (nSPS) is 12.3. The Balaban J connectivity index is 1.98. The van der Waals surface area contributed by atoms with Gasteiger partial charge in [0.15, 0.2) is 5.96 Å². The van der Waals surface area contributed by atoms with E-state index < -0.39 is 0 Å². The van der Waals surface area contributed by atoms with Crippen molar-refractivity contribution in [1.82, 2.24) is 10.3 Å². The number of aromatic nitrogens is 1. The van der Waals surface area contributed by atoms with E-state index >= 15 is 0 Å². The van der Waals surface area contributed by atoms with E-state index in [1.54, 1.807) is 0 Å². The maximum atomic E-state index is 5.79. The molecule has 0 aliphatic carbocycles. The van der Waals surface area contributed by atoms with E-state index in [-0.39, 0.29) is 0 Å². The van der Waals surface area contributed by atoms with Gasteiger partial charge in [0.1, 0.15) is 0 Å². The predicted octanol–water partition coefficient (Wildman–Crippen LogP) is 2.23. The number of rotatable bonds is 4. The molecule has 96 valence electrons. The van der Waals surface area contributed by atoms with Crippen LogP contribution in [0.1, 0.15) is 19.5 Å². The van der Waals surface area contributed by atoms with Crippen LogP contribution in [0.15, 0.2) is 35.3 Å². The zero-order valence-corrected chi connectivity index (χ0v) is 10.9. The largest absolute Gasteiger partial charge is 0.370 e. The molecule has 0 saturated carbocycles. The summed E-state index contributed by atoms with van der Waals surface area (Å²) in [6.07, 6.45) is 0. The second-order valence-electron chi connectivity index (χ2n) is 4.86. The number of nitrogens with zero attached hydrogens (tertiary/aromatic N) is 1. The van der Waals surface area contributed by atoms with Gasteiger partial charge in [0, 0.05) is 17.8 Å².